The fourth-order valence-corrected chi connectivity index (χ4v) is 2.58. The number of nitrogens with zero attached hydrogens (tertiary/aromatic N) is 2. The van der Waals surface area contributed by atoms with Crippen molar-refractivity contribution in [2.24, 2.45) is 0 Å². The van der Waals surface area contributed by atoms with Crippen molar-refractivity contribution in [3.63, 3.8) is 0 Å². The molecule has 0 amide bonds. The first kappa shape index (κ1) is 12.6. The molecular weight excluding hydrogens is 370 g/mol. The highest BCUT2D eigenvalue weighted by Crippen LogP contribution is 2.27. The van der Waals surface area contributed by atoms with Crippen LogP contribution in [0.15, 0.2) is 57.9 Å². The highest BCUT2D eigenvalue weighted by molar-refractivity contribution is 9.10. The molecule has 0 unspecified atom stereocenters. The van der Waals surface area contributed by atoms with Gasteiger partial charge in [0.2, 0.25) is 0 Å². The van der Waals surface area contributed by atoms with E-state index in [9.17, 15) is 0 Å². The molecule has 0 radical (unpaired) electrons. The number of aromatic nitrogens is 2. The number of nitrogens with one attached hydrogen (secondary N) is 1. The normalized spacial score (nSPS) is 10.6. The van der Waals surface area contributed by atoms with Gasteiger partial charge in [-0.15, -0.1) is 0 Å². The summed E-state index contributed by atoms with van der Waals surface area (Å²) in [5, 5.41) is 4.42. The first-order valence-electron chi connectivity index (χ1n) is 5.64. The number of pyridine rings is 2. The van der Waals surface area contributed by atoms with Crippen molar-refractivity contribution in [1.82, 2.24) is 9.97 Å². The third-order valence-electron chi connectivity index (χ3n) is 2.66. The molecule has 3 aromatic rings. The van der Waals surface area contributed by atoms with E-state index in [1.165, 1.54) is 0 Å². The Kier molecular flexibility index (Phi) is 3.48. The van der Waals surface area contributed by atoms with Crippen molar-refractivity contribution in [2.75, 3.05) is 5.32 Å². The second-order valence-electron chi connectivity index (χ2n) is 4.05. The maximum absolute atomic E-state index is 4.46. The van der Waals surface area contributed by atoms with Gasteiger partial charge >= 0.3 is 0 Å². The van der Waals surface area contributed by atoms with Crippen LogP contribution >= 0.6 is 31.9 Å². The van der Waals surface area contributed by atoms with Gasteiger partial charge in [0, 0.05) is 26.7 Å². The number of fused-ring (bicyclic) bond motifs is 1. The number of hydrogen-bond acceptors (Lipinski definition) is 3. The van der Waals surface area contributed by atoms with Gasteiger partial charge in [0.25, 0.3) is 0 Å². The molecule has 94 valence electrons. The first-order chi connectivity index (χ1) is 9.22. The van der Waals surface area contributed by atoms with Crippen molar-refractivity contribution in [3.05, 3.63) is 57.9 Å². The van der Waals surface area contributed by atoms with E-state index in [4.69, 9.17) is 0 Å². The highest BCUT2D eigenvalue weighted by atomic mass is 79.9. The molecule has 0 aliphatic heterocycles. The molecule has 0 aliphatic carbocycles. The topological polar surface area (TPSA) is 37.8 Å². The Labute approximate surface area is 127 Å². The van der Waals surface area contributed by atoms with E-state index >= 15 is 0 Å². The molecule has 0 fully saturated rings. The van der Waals surface area contributed by atoms with Crippen LogP contribution in [0.1, 0.15) is 0 Å². The van der Waals surface area contributed by atoms with Gasteiger partial charge in [-0.3, -0.25) is 9.97 Å². The van der Waals surface area contributed by atoms with Gasteiger partial charge < -0.3 is 5.32 Å². The maximum atomic E-state index is 4.46. The number of anilines is 2. The molecule has 0 saturated heterocycles. The molecule has 1 aromatic carbocycles. The Bertz CT molecular complexity index is 744. The summed E-state index contributed by atoms with van der Waals surface area (Å²) in [7, 11) is 0. The van der Waals surface area contributed by atoms with E-state index in [0.29, 0.717) is 0 Å². The quantitative estimate of drug-likeness (QED) is 0.689. The lowest BCUT2D eigenvalue weighted by molar-refractivity contribution is 1.30. The van der Waals surface area contributed by atoms with Crippen molar-refractivity contribution < 1.29 is 0 Å². The summed E-state index contributed by atoms with van der Waals surface area (Å²) < 4.78 is 1.91. The summed E-state index contributed by atoms with van der Waals surface area (Å²) in [5.74, 6) is 0. The Hall–Kier alpha value is -1.46. The predicted molar refractivity (Wildman–Crippen MR) is 84.7 cm³/mol. The van der Waals surface area contributed by atoms with Crippen LogP contribution in [-0.4, -0.2) is 9.97 Å². The number of para-hydroxylation sites is 1. The van der Waals surface area contributed by atoms with Gasteiger partial charge in [0.1, 0.15) is 0 Å². The summed E-state index contributed by atoms with van der Waals surface area (Å²) in [5.41, 5.74) is 2.82. The van der Waals surface area contributed by atoms with Crippen molar-refractivity contribution in [3.8, 4) is 0 Å². The smallest absolute Gasteiger partial charge is 0.0937 e. The van der Waals surface area contributed by atoms with Gasteiger partial charge in [-0.2, -0.15) is 0 Å². The minimum Gasteiger partial charge on any atom is -0.352 e. The lowest BCUT2D eigenvalue weighted by Gasteiger charge is -2.09. The number of benzene rings is 1. The second-order valence-corrected chi connectivity index (χ2v) is 5.88. The van der Waals surface area contributed by atoms with Crippen molar-refractivity contribution >= 4 is 54.1 Å². The average Bonchev–Trinajstić information content (AvgIpc) is 2.38. The number of halogens is 2. The number of hydrogen-bond donors (Lipinski definition) is 1. The molecule has 3 nitrogen and oxygen atoms in total. The van der Waals surface area contributed by atoms with E-state index in [1.54, 1.807) is 18.6 Å². The maximum Gasteiger partial charge on any atom is 0.0937 e. The summed E-state index contributed by atoms with van der Waals surface area (Å²) in [6.07, 6.45) is 5.33. The first-order valence-corrected chi connectivity index (χ1v) is 7.23. The minimum absolute atomic E-state index is 0.923. The molecule has 0 atom stereocenters. The lowest BCUT2D eigenvalue weighted by atomic mass is 10.2. The standard InChI is InChI=1S/C14H9Br2N3/c15-10-4-9-2-1-3-13(14(9)18-7-10)19-12-5-11(16)6-17-8-12/h1-8,19H. The van der Waals surface area contributed by atoms with E-state index in [0.717, 1.165) is 31.2 Å². The molecule has 2 aromatic heterocycles. The molecule has 1 N–H and O–H groups in total. The van der Waals surface area contributed by atoms with Crippen LogP contribution in [0.4, 0.5) is 11.4 Å². The molecular formula is C14H9Br2N3. The summed E-state index contributed by atoms with van der Waals surface area (Å²) >= 11 is 6.84. The average molecular weight is 379 g/mol. The zero-order valence-electron chi connectivity index (χ0n) is 9.77. The van der Waals surface area contributed by atoms with Crippen molar-refractivity contribution in [1.29, 1.82) is 0 Å². The van der Waals surface area contributed by atoms with Crippen LogP contribution in [-0.2, 0) is 0 Å². The third kappa shape index (κ3) is 2.77. The number of rotatable bonds is 2. The van der Waals surface area contributed by atoms with Crippen LogP contribution in [0, 0.1) is 0 Å². The fraction of sp³-hybridized carbons (Fsp3) is 0. The summed E-state index contributed by atoms with van der Waals surface area (Å²) in [6.45, 7) is 0. The molecule has 5 heteroatoms. The molecule has 0 saturated carbocycles. The van der Waals surface area contributed by atoms with Crippen LogP contribution in [0.25, 0.3) is 10.9 Å². The van der Waals surface area contributed by atoms with Gasteiger partial charge in [0.15, 0.2) is 0 Å². The fourth-order valence-electron chi connectivity index (χ4n) is 1.87. The van der Waals surface area contributed by atoms with Crippen molar-refractivity contribution in [2.45, 2.75) is 0 Å². The van der Waals surface area contributed by atoms with Crippen LogP contribution in [0.3, 0.4) is 0 Å². The zero-order chi connectivity index (χ0) is 13.2. The summed E-state index contributed by atoms with van der Waals surface area (Å²) in [6, 6.07) is 10.1. The highest BCUT2D eigenvalue weighted by Gasteiger charge is 2.03. The van der Waals surface area contributed by atoms with E-state index in [2.05, 4.69) is 47.1 Å². The molecule has 0 spiro atoms. The van der Waals surface area contributed by atoms with E-state index < -0.39 is 0 Å². The van der Waals surface area contributed by atoms with E-state index in [1.807, 2.05) is 30.3 Å². The van der Waals surface area contributed by atoms with Gasteiger partial charge in [-0.05, 0) is 50.1 Å². The minimum atomic E-state index is 0.923. The Morgan fingerprint density at radius 1 is 0.947 bits per heavy atom. The Balaban J connectivity index is 2.06. The zero-order valence-corrected chi connectivity index (χ0v) is 12.9. The van der Waals surface area contributed by atoms with Crippen LogP contribution < -0.4 is 5.32 Å². The predicted octanol–water partition coefficient (Wildman–Crippen LogP) is 4.90. The van der Waals surface area contributed by atoms with Crippen LogP contribution in [0.2, 0.25) is 0 Å². The Morgan fingerprint density at radius 2 is 1.79 bits per heavy atom. The Morgan fingerprint density at radius 3 is 2.63 bits per heavy atom. The van der Waals surface area contributed by atoms with Crippen LogP contribution in [0.5, 0.6) is 0 Å². The molecule has 2 heterocycles. The van der Waals surface area contributed by atoms with E-state index in [-0.39, 0.29) is 0 Å². The lowest BCUT2D eigenvalue weighted by Crippen LogP contribution is -1.93. The molecule has 0 aliphatic rings. The van der Waals surface area contributed by atoms with Gasteiger partial charge in [-0.1, -0.05) is 12.1 Å². The van der Waals surface area contributed by atoms with Gasteiger partial charge in [-0.25, -0.2) is 0 Å². The third-order valence-corrected chi connectivity index (χ3v) is 3.53. The monoisotopic (exact) mass is 377 g/mol. The molecule has 3 rings (SSSR count). The second kappa shape index (κ2) is 5.27. The summed E-state index contributed by atoms with van der Waals surface area (Å²) in [4.78, 5) is 8.60. The largest absolute Gasteiger partial charge is 0.352 e. The SMILES string of the molecule is Brc1cncc(Nc2cccc3cc(Br)cnc23)c1. The van der Waals surface area contributed by atoms with Gasteiger partial charge in [0.05, 0.1) is 23.1 Å². The molecule has 19 heavy (non-hydrogen) atoms. The molecule has 0 bridgehead atoms.